The van der Waals surface area contributed by atoms with Crippen molar-refractivity contribution in [3.63, 3.8) is 0 Å². The summed E-state index contributed by atoms with van der Waals surface area (Å²) < 4.78 is 35.6. The number of alkyl halides is 3. The molecule has 0 spiro atoms. The molecule has 1 aromatic carbocycles. The van der Waals surface area contributed by atoms with Crippen molar-refractivity contribution in [3.8, 4) is 0 Å². The normalized spacial score (nSPS) is 11.2. The Labute approximate surface area is 84.1 Å². The van der Waals surface area contributed by atoms with Crippen LogP contribution in [0.4, 0.5) is 18.9 Å². The van der Waals surface area contributed by atoms with Crippen LogP contribution >= 0.6 is 0 Å². The number of hydrogen-bond donors (Lipinski definition) is 2. The number of benzene rings is 1. The Balaban J connectivity index is 2.77. The summed E-state index contributed by atoms with van der Waals surface area (Å²) in [6.07, 6.45) is -4.88. The minimum absolute atomic E-state index is 0.0836. The van der Waals surface area contributed by atoms with Crippen LogP contribution in [0.25, 0.3) is 0 Å². The molecule has 0 unspecified atom stereocenters. The predicted molar refractivity (Wildman–Crippen MR) is 49.0 cm³/mol. The van der Waals surface area contributed by atoms with Crippen LogP contribution in [-0.2, 0) is 11.3 Å². The Morgan fingerprint density at radius 2 is 2.07 bits per heavy atom. The van der Waals surface area contributed by atoms with Gasteiger partial charge in [0.25, 0.3) is 0 Å². The van der Waals surface area contributed by atoms with E-state index in [1.807, 2.05) is 0 Å². The zero-order valence-corrected chi connectivity index (χ0v) is 7.64. The summed E-state index contributed by atoms with van der Waals surface area (Å²) in [5.41, 5.74) is 6.03. The number of halogens is 3. The first-order valence-corrected chi connectivity index (χ1v) is 4.10. The lowest BCUT2D eigenvalue weighted by Crippen LogP contribution is -2.29. The number of carbonyl (C=O) groups excluding carboxylic acids is 1. The van der Waals surface area contributed by atoms with Crippen molar-refractivity contribution in [1.29, 1.82) is 0 Å². The third kappa shape index (κ3) is 3.25. The minimum atomic E-state index is -4.88. The summed E-state index contributed by atoms with van der Waals surface area (Å²) in [5.74, 6) is -1.99. The van der Waals surface area contributed by atoms with Crippen LogP contribution in [0.2, 0.25) is 0 Å². The van der Waals surface area contributed by atoms with Crippen molar-refractivity contribution in [2.45, 2.75) is 12.7 Å². The third-order valence-electron chi connectivity index (χ3n) is 1.68. The first-order chi connectivity index (χ1) is 6.93. The van der Waals surface area contributed by atoms with E-state index in [2.05, 4.69) is 0 Å². The molecule has 0 bridgehead atoms. The molecule has 3 nitrogen and oxygen atoms in total. The van der Waals surface area contributed by atoms with Crippen LogP contribution in [0.15, 0.2) is 24.3 Å². The van der Waals surface area contributed by atoms with Gasteiger partial charge in [-0.25, -0.2) is 0 Å². The van der Waals surface area contributed by atoms with Crippen LogP contribution < -0.4 is 11.1 Å². The van der Waals surface area contributed by atoms with E-state index < -0.39 is 12.1 Å². The fourth-order valence-corrected chi connectivity index (χ4v) is 0.978. The van der Waals surface area contributed by atoms with E-state index >= 15 is 0 Å². The minimum Gasteiger partial charge on any atom is -0.326 e. The van der Waals surface area contributed by atoms with Crippen LogP contribution in [-0.4, -0.2) is 12.1 Å². The molecular weight excluding hydrogens is 209 g/mol. The van der Waals surface area contributed by atoms with Gasteiger partial charge in [0.2, 0.25) is 0 Å². The highest BCUT2D eigenvalue weighted by Gasteiger charge is 2.38. The number of amides is 1. The zero-order chi connectivity index (χ0) is 11.5. The average molecular weight is 218 g/mol. The highest BCUT2D eigenvalue weighted by molar-refractivity contribution is 5.94. The van der Waals surface area contributed by atoms with Crippen molar-refractivity contribution < 1.29 is 18.0 Å². The zero-order valence-electron chi connectivity index (χ0n) is 7.64. The number of rotatable bonds is 2. The van der Waals surface area contributed by atoms with E-state index in [-0.39, 0.29) is 12.2 Å². The van der Waals surface area contributed by atoms with Crippen molar-refractivity contribution in [2.24, 2.45) is 5.73 Å². The Morgan fingerprint density at radius 3 is 2.60 bits per heavy atom. The number of nitrogens with two attached hydrogens (primary N) is 1. The molecule has 0 aromatic heterocycles. The molecule has 1 amide bonds. The summed E-state index contributed by atoms with van der Waals surface area (Å²) in [4.78, 5) is 10.6. The van der Waals surface area contributed by atoms with Crippen molar-refractivity contribution in [1.82, 2.24) is 0 Å². The Bertz CT molecular complexity index is 363. The topological polar surface area (TPSA) is 55.1 Å². The monoisotopic (exact) mass is 218 g/mol. The standard InChI is InChI=1S/C9H9F3N2O/c10-9(11,12)8(15)14-7-3-1-2-6(4-7)5-13/h1-4H,5,13H2,(H,14,15). The van der Waals surface area contributed by atoms with Gasteiger partial charge in [0.1, 0.15) is 0 Å². The smallest absolute Gasteiger partial charge is 0.326 e. The molecule has 0 aliphatic heterocycles. The fraction of sp³-hybridized carbons (Fsp3) is 0.222. The molecule has 1 aromatic rings. The van der Waals surface area contributed by atoms with Crippen LogP contribution in [0, 0.1) is 0 Å². The van der Waals surface area contributed by atoms with E-state index in [0.29, 0.717) is 5.56 Å². The molecule has 3 N–H and O–H groups in total. The van der Waals surface area contributed by atoms with Gasteiger partial charge < -0.3 is 11.1 Å². The maximum absolute atomic E-state index is 11.9. The van der Waals surface area contributed by atoms with Crippen LogP contribution in [0.3, 0.4) is 0 Å². The summed E-state index contributed by atoms with van der Waals surface area (Å²) in [6.45, 7) is 0.204. The summed E-state index contributed by atoms with van der Waals surface area (Å²) in [6, 6.07) is 5.93. The van der Waals surface area contributed by atoms with Gasteiger partial charge in [-0.15, -0.1) is 0 Å². The second kappa shape index (κ2) is 4.31. The molecule has 0 radical (unpaired) electrons. The third-order valence-corrected chi connectivity index (χ3v) is 1.68. The summed E-state index contributed by atoms with van der Waals surface area (Å²) in [5, 5.41) is 1.74. The van der Waals surface area contributed by atoms with Crippen LogP contribution in [0.1, 0.15) is 5.56 Å². The van der Waals surface area contributed by atoms with E-state index in [1.54, 1.807) is 11.4 Å². The molecule has 0 heterocycles. The molecule has 0 fully saturated rings. The molecule has 0 saturated heterocycles. The molecule has 0 aliphatic carbocycles. The Morgan fingerprint density at radius 1 is 1.40 bits per heavy atom. The Hall–Kier alpha value is -1.56. The van der Waals surface area contributed by atoms with Gasteiger partial charge >= 0.3 is 12.1 Å². The number of carbonyl (C=O) groups is 1. The molecule has 6 heteroatoms. The lowest BCUT2D eigenvalue weighted by molar-refractivity contribution is -0.167. The summed E-state index contributed by atoms with van der Waals surface area (Å²) in [7, 11) is 0. The highest BCUT2D eigenvalue weighted by atomic mass is 19.4. The first kappa shape index (κ1) is 11.5. The fourth-order valence-electron chi connectivity index (χ4n) is 0.978. The van der Waals surface area contributed by atoms with E-state index in [1.165, 1.54) is 18.2 Å². The molecule has 0 aliphatic rings. The lowest BCUT2D eigenvalue weighted by Gasteiger charge is -2.08. The number of anilines is 1. The SMILES string of the molecule is NCc1cccc(NC(=O)C(F)(F)F)c1. The average Bonchev–Trinajstić information content (AvgIpc) is 2.16. The molecule has 0 atom stereocenters. The van der Waals surface area contributed by atoms with Crippen molar-refractivity contribution in [2.75, 3.05) is 5.32 Å². The quantitative estimate of drug-likeness (QED) is 0.792. The van der Waals surface area contributed by atoms with E-state index in [0.717, 1.165) is 0 Å². The molecule has 1 rings (SSSR count). The second-order valence-electron chi connectivity index (χ2n) is 2.86. The molecular formula is C9H9F3N2O. The van der Waals surface area contributed by atoms with E-state index in [4.69, 9.17) is 5.73 Å². The van der Waals surface area contributed by atoms with Gasteiger partial charge in [0.05, 0.1) is 0 Å². The number of nitrogens with one attached hydrogen (secondary N) is 1. The van der Waals surface area contributed by atoms with Gasteiger partial charge in [0, 0.05) is 12.2 Å². The van der Waals surface area contributed by atoms with Crippen LogP contribution in [0.5, 0.6) is 0 Å². The molecule has 0 saturated carbocycles. The highest BCUT2D eigenvalue weighted by Crippen LogP contribution is 2.18. The summed E-state index contributed by atoms with van der Waals surface area (Å²) >= 11 is 0. The molecule has 15 heavy (non-hydrogen) atoms. The number of hydrogen-bond acceptors (Lipinski definition) is 2. The largest absolute Gasteiger partial charge is 0.471 e. The molecule has 82 valence electrons. The maximum atomic E-state index is 11.9. The van der Waals surface area contributed by atoms with Crippen molar-refractivity contribution >= 4 is 11.6 Å². The first-order valence-electron chi connectivity index (χ1n) is 4.10. The maximum Gasteiger partial charge on any atom is 0.471 e. The second-order valence-corrected chi connectivity index (χ2v) is 2.86. The van der Waals surface area contributed by atoms with Gasteiger partial charge in [-0.05, 0) is 17.7 Å². The van der Waals surface area contributed by atoms with Crippen molar-refractivity contribution in [3.05, 3.63) is 29.8 Å². The van der Waals surface area contributed by atoms with Gasteiger partial charge in [-0.2, -0.15) is 13.2 Å². The van der Waals surface area contributed by atoms with Gasteiger partial charge in [-0.1, -0.05) is 12.1 Å². The Kier molecular flexibility index (Phi) is 3.31. The van der Waals surface area contributed by atoms with E-state index in [9.17, 15) is 18.0 Å². The van der Waals surface area contributed by atoms with Gasteiger partial charge in [0.15, 0.2) is 0 Å². The predicted octanol–water partition coefficient (Wildman–Crippen LogP) is 1.65. The lowest BCUT2D eigenvalue weighted by atomic mass is 10.2. The van der Waals surface area contributed by atoms with Gasteiger partial charge in [-0.3, -0.25) is 4.79 Å².